The minimum atomic E-state index is -1.42. The molecule has 0 nitrogen and oxygen atoms in total. The Hall–Kier alpha value is -1.23. The Morgan fingerprint density at radius 3 is 1.08 bits per heavy atom. The van der Waals surface area contributed by atoms with E-state index in [1.165, 1.54) is 112 Å². The highest BCUT2D eigenvalue weighted by Crippen LogP contribution is 2.22. The van der Waals surface area contributed by atoms with E-state index < -0.39 is 16.1 Å². The maximum absolute atomic E-state index is 3.66. The maximum atomic E-state index is 3.66. The van der Waals surface area contributed by atoms with Gasteiger partial charge in [-0.15, -0.1) is 11.1 Å². The Balaban J connectivity index is 3.09. The van der Waals surface area contributed by atoms with Gasteiger partial charge in [-0.05, 0) is 48.9 Å². The summed E-state index contributed by atoms with van der Waals surface area (Å²) >= 11 is 0. The van der Waals surface area contributed by atoms with E-state index in [2.05, 4.69) is 88.2 Å². The monoisotopic (exact) mass is 522 g/mol. The van der Waals surface area contributed by atoms with Gasteiger partial charge in [0.1, 0.15) is 16.1 Å². The van der Waals surface area contributed by atoms with Crippen LogP contribution in [-0.4, -0.2) is 16.1 Å². The molecule has 0 atom stereocenters. The van der Waals surface area contributed by atoms with Crippen LogP contribution in [0.3, 0.4) is 0 Å². The first-order valence-corrected chi connectivity index (χ1v) is 22.3. The van der Waals surface area contributed by atoms with E-state index in [-0.39, 0.29) is 0 Å². The molecule has 2 heteroatoms. The van der Waals surface area contributed by atoms with Gasteiger partial charge in [-0.25, -0.2) is 0 Å². The third-order valence-corrected chi connectivity index (χ3v) is 8.32. The van der Waals surface area contributed by atoms with Crippen molar-refractivity contribution in [1.82, 2.24) is 0 Å². The molecule has 0 aromatic heterocycles. The van der Waals surface area contributed by atoms with Gasteiger partial charge < -0.3 is 0 Å². The first kappa shape index (κ1) is 32.8. The number of unbranched alkanes of at least 4 members (excludes halogenated alkanes) is 12. The zero-order valence-corrected chi connectivity index (χ0v) is 27.5. The summed E-state index contributed by atoms with van der Waals surface area (Å²) in [6, 6.07) is 4.88. The molecule has 1 rings (SSSR count). The summed E-state index contributed by atoms with van der Waals surface area (Å²) < 4.78 is 0. The van der Waals surface area contributed by atoms with E-state index in [4.69, 9.17) is 0 Å². The van der Waals surface area contributed by atoms with Gasteiger partial charge in [-0.2, -0.15) is 0 Å². The molecule has 0 saturated carbocycles. The Morgan fingerprint density at radius 2 is 0.778 bits per heavy atom. The molecule has 0 heterocycles. The zero-order valence-electron chi connectivity index (χ0n) is 25.5. The Bertz CT molecular complexity index is 785. The van der Waals surface area contributed by atoms with Crippen LogP contribution in [0.25, 0.3) is 0 Å². The van der Waals surface area contributed by atoms with Crippen molar-refractivity contribution in [3.8, 4) is 22.9 Å². The van der Waals surface area contributed by atoms with Crippen LogP contribution in [0, 0.1) is 22.9 Å². The second-order valence-electron chi connectivity index (χ2n) is 12.9. The van der Waals surface area contributed by atoms with Gasteiger partial charge >= 0.3 is 0 Å². The van der Waals surface area contributed by atoms with Crippen LogP contribution in [0.4, 0.5) is 0 Å². The van der Waals surface area contributed by atoms with Crippen molar-refractivity contribution in [3.63, 3.8) is 0 Å². The zero-order chi connectivity index (χ0) is 26.9. The molecular formula is C34H58Si2. The molecule has 1 aromatic rings. The SMILES string of the molecule is CCCCCCCCCc1cc(C#C[Si](C)(C)C)c(CCCCCCCCC)cc1C#C[Si](C)(C)C. The fraction of sp³-hybridized carbons (Fsp3) is 0.706. The highest BCUT2D eigenvalue weighted by molar-refractivity contribution is 6.84. The molecular weight excluding hydrogens is 465 g/mol. The molecule has 0 amide bonds. The van der Waals surface area contributed by atoms with Crippen LogP contribution in [0.2, 0.25) is 39.3 Å². The summed E-state index contributed by atoms with van der Waals surface area (Å²) in [5.41, 5.74) is 12.8. The predicted octanol–water partition coefficient (Wildman–Crippen LogP) is 10.7. The van der Waals surface area contributed by atoms with E-state index in [0.29, 0.717) is 0 Å². The van der Waals surface area contributed by atoms with Crippen LogP contribution < -0.4 is 0 Å². The van der Waals surface area contributed by atoms with Gasteiger partial charge in [-0.3, -0.25) is 0 Å². The lowest BCUT2D eigenvalue weighted by atomic mass is 9.92. The normalized spacial score (nSPS) is 11.6. The summed E-state index contributed by atoms with van der Waals surface area (Å²) in [5.74, 6) is 7.32. The molecule has 0 aliphatic rings. The van der Waals surface area contributed by atoms with Crippen LogP contribution in [0.15, 0.2) is 12.1 Å². The van der Waals surface area contributed by atoms with Crippen molar-refractivity contribution in [3.05, 3.63) is 34.4 Å². The van der Waals surface area contributed by atoms with Crippen molar-refractivity contribution in [2.45, 2.75) is 156 Å². The molecule has 0 radical (unpaired) electrons. The quantitative estimate of drug-likeness (QED) is 0.115. The fourth-order valence-corrected chi connectivity index (χ4v) is 5.41. The van der Waals surface area contributed by atoms with Crippen LogP contribution >= 0.6 is 0 Å². The number of hydrogen-bond acceptors (Lipinski definition) is 0. The van der Waals surface area contributed by atoms with Crippen molar-refractivity contribution < 1.29 is 0 Å². The summed E-state index contributed by atoms with van der Waals surface area (Å²) in [4.78, 5) is 0. The van der Waals surface area contributed by atoms with E-state index in [0.717, 1.165) is 12.8 Å². The second-order valence-corrected chi connectivity index (χ2v) is 22.4. The van der Waals surface area contributed by atoms with E-state index in [1.807, 2.05) is 0 Å². The smallest absolute Gasteiger partial charge is 0.127 e. The van der Waals surface area contributed by atoms with Crippen LogP contribution in [0.5, 0.6) is 0 Å². The minimum Gasteiger partial charge on any atom is -0.127 e. The number of aryl methyl sites for hydroxylation is 2. The van der Waals surface area contributed by atoms with Gasteiger partial charge in [-0.1, -0.05) is 142 Å². The minimum absolute atomic E-state index is 1.14. The molecule has 0 spiro atoms. The first-order chi connectivity index (χ1) is 17.1. The molecule has 0 fully saturated rings. The Labute approximate surface area is 228 Å². The largest absolute Gasteiger partial charge is 0.129 e. The van der Waals surface area contributed by atoms with E-state index in [9.17, 15) is 0 Å². The first-order valence-electron chi connectivity index (χ1n) is 15.3. The average Bonchev–Trinajstić information content (AvgIpc) is 2.80. The highest BCUT2D eigenvalue weighted by atomic mass is 28.3. The second kappa shape index (κ2) is 18.1. The number of benzene rings is 1. The van der Waals surface area contributed by atoms with E-state index >= 15 is 0 Å². The van der Waals surface area contributed by atoms with Gasteiger partial charge in [0.25, 0.3) is 0 Å². The van der Waals surface area contributed by atoms with Crippen molar-refractivity contribution in [2.24, 2.45) is 0 Å². The molecule has 36 heavy (non-hydrogen) atoms. The summed E-state index contributed by atoms with van der Waals surface area (Å²) in [5, 5.41) is 0. The number of rotatable bonds is 16. The third-order valence-electron chi connectivity index (χ3n) is 6.57. The molecule has 0 bridgehead atoms. The van der Waals surface area contributed by atoms with Gasteiger partial charge in [0.2, 0.25) is 0 Å². The van der Waals surface area contributed by atoms with Gasteiger partial charge in [0.15, 0.2) is 0 Å². The maximum Gasteiger partial charge on any atom is 0.129 e. The lowest BCUT2D eigenvalue weighted by Crippen LogP contribution is -2.16. The van der Waals surface area contributed by atoms with Crippen LogP contribution in [-0.2, 0) is 12.8 Å². The molecule has 0 unspecified atom stereocenters. The van der Waals surface area contributed by atoms with E-state index in [1.54, 1.807) is 0 Å². The van der Waals surface area contributed by atoms with Crippen molar-refractivity contribution >= 4 is 16.1 Å². The average molecular weight is 523 g/mol. The summed E-state index contributed by atoms with van der Waals surface area (Å²) in [6.45, 7) is 18.7. The van der Waals surface area contributed by atoms with Crippen molar-refractivity contribution in [1.29, 1.82) is 0 Å². The lowest BCUT2D eigenvalue weighted by molar-refractivity contribution is 0.588. The number of hydrogen-bond donors (Lipinski definition) is 0. The standard InChI is InChI=1S/C34H58Si2/c1-9-11-13-15-17-19-21-23-31-29-34(26-28-36(6,7)8)32(24-22-20-18-16-14-12-10-2)30-33(31)25-27-35(3,4)5/h29-30H,9-24H2,1-8H3. The molecule has 1 aromatic carbocycles. The molecule has 202 valence electrons. The molecule has 0 aliphatic carbocycles. The van der Waals surface area contributed by atoms with Gasteiger partial charge in [0.05, 0.1) is 0 Å². The lowest BCUT2D eigenvalue weighted by Gasteiger charge is -2.13. The van der Waals surface area contributed by atoms with Crippen LogP contribution in [0.1, 0.15) is 126 Å². The van der Waals surface area contributed by atoms with Gasteiger partial charge in [0, 0.05) is 11.1 Å². The topological polar surface area (TPSA) is 0 Å². The highest BCUT2D eigenvalue weighted by Gasteiger charge is 2.13. The predicted molar refractivity (Wildman–Crippen MR) is 170 cm³/mol. The van der Waals surface area contributed by atoms with Crippen molar-refractivity contribution in [2.75, 3.05) is 0 Å². The summed E-state index contributed by atoms with van der Waals surface area (Å²) in [7, 11) is -2.84. The molecule has 0 aliphatic heterocycles. The Morgan fingerprint density at radius 1 is 0.472 bits per heavy atom. The molecule has 0 saturated heterocycles. The fourth-order valence-electron chi connectivity index (χ4n) is 4.39. The Kier molecular flexibility index (Phi) is 16.5. The third kappa shape index (κ3) is 16.5. The molecule has 0 N–H and O–H groups in total. The summed E-state index contributed by atoms with van der Waals surface area (Å²) in [6.07, 6.45) is 21.2.